The van der Waals surface area contributed by atoms with Crippen LogP contribution in [0.25, 0.3) is 0 Å². The standard InChI is InChI=1S/C19H24FN3O3.HI/c1-21-19(22-13-14-7-8-18(24)17(20)11-14)23-15-5-3-6-16(12-15)26-10-4-9-25-2;/h3,5-8,11-12,24H,4,9-10,13H2,1-2H3,(H2,21,22,23);1H. The number of halogens is 2. The Labute approximate surface area is 175 Å². The average Bonchev–Trinajstić information content (AvgIpc) is 2.65. The molecule has 0 aliphatic carbocycles. The van der Waals surface area contributed by atoms with E-state index in [1.807, 2.05) is 24.3 Å². The van der Waals surface area contributed by atoms with Gasteiger partial charge in [0.1, 0.15) is 5.75 Å². The summed E-state index contributed by atoms with van der Waals surface area (Å²) in [4.78, 5) is 4.15. The van der Waals surface area contributed by atoms with E-state index in [4.69, 9.17) is 9.47 Å². The summed E-state index contributed by atoms with van der Waals surface area (Å²) < 4.78 is 24.0. The third-order valence-corrected chi connectivity index (χ3v) is 3.55. The fourth-order valence-corrected chi connectivity index (χ4v) is 2.22. The van der Waals surface area contributed by atoms with Crippen molar-refractivity contribution < 1.29 is 19.0 Å². The number of anilines is 1. The number of methoxy groups -OCH3 is 1. The van der Waals surface area contributed by atoms with Gasteiger partial charge in [0, 0.05) is 45.5 Å². The Bertz CT molecular complexity index is 744. The summed E-state index contributed by atoms with van der Waals surface area (Å²) in [6.45, 7) is 1.60. The lowest BCUT2D eigenvalue weighted by Crippen LogP contribution is -2.30. The fourth-order valence-electron chi connectivity index (χ4n) is 2.22. The molecule has 6 nitrogen and oxygen atoms in total. The first-order chi connectivity index (χ1) is 12.6. The summed E-state index contributed by atoms with van der Waals surface area (Å²) in [5.41, 5.74) is 1.51. The zero-order valence-electron chi connectivity index (χ0n) is 15.4. The van der Waals surface area contributed by atoms with Crippen molar-refractivity contribution >= 4 is 35.6 Å². The number of phenols is 1. The molecule has 2 aromatic rings. The number of nitrogens with one attached hydrogen (secondary N) is 2. The molecule has 0 unspecified atom stereocenters. The molecule has 0 bridgehead atoms. The Morgan fingerprint density at radius 2 is 2.00 bits per heavy atom. The Morgan fingerprint density at radius 1 is 1.19 bits per heavy atom. The maximum absolute atomic E-state index is 13.4. The number of aromatic hydroxyl groups is 1. The van der Waals surface area contributed by atoms with Crippen molar-refractivity contribution in [1.29, 1.82) is 0 Å². The second-order valence-electron chi connectivity index (χ2n) is 5.56. The molecule has 0 fully saturated rings. The van der Waals surface area contributed by atoms with Crippen LogP contribution in [-0.2, 0) is 11.3 Å². The molecule has 0 aliphatic rings. The van der Waals surface area contributed by atoms with Crippen LogP contribution in [0.15, 0.2) is 47.5 Å². The summed E-state index contributed by atoms with van der Waals surface area (Å²) in [6.07, 6.45) is 0.820. The van der Waals surface area contributed by atoms with Crippen LogP contribution in [0.1, 0.15) is 12.0 Å². The lowest BCUT2D eigenvalue weighted by atomic mass is 10.2. The lowest BCUT2D eigenvalue weighted by Gasteiger charge is -2.13. The summed E-state index contributed by atoms with van der Waals surface area (Å²) in [5, 5.41) is 15.5. The molecule has 0 saturated heterocycles. The summed E-state index contributed by atoms with van der Waals surface area (Å²) >= 11 is 0. The molecule has 2 aromatic carbocycles. The topological polar surface area (TPSA) is 75.1 Å². The van der Waals surface area contributed by atoms with Crippen LogP contribution >= 0.6 is 24.0 Å². The van der Waals surface area contributed by atoms with Gasteiger partial charge in [0.05, 0.1) is 6.61 Å². The Morgan fingerprint density at radius 3 is 2.70 bits per heavy atom. The van der Waals surface area contributed by atoms with Crippen molar-refractivity contribution in [2.75, 3.05) is 32.7 Å². The van der Waals surface area contributed by atoms with E-state index in [-0.39, 0.29) is 29.7 Å². The van der Waals surface area contributed by atoms with Crippen LogP contribution in [0.5, 0.6) is 11.5 Å². The highest BCUT2D eigenvalue weighted by atomic mass is 127. The monoisotopic (exact) mass is 489 g/mol. The molecule has 8 heteroatoms. The van der Waals surface area contributed by atoms with Gasteiger partial charge < -0.3 is 25.2 Å². The van der Waals surface area contributed by atoms with Crippen molar-refractivity contribution in [3.8, 4) is 11.5 Å². The Hall–Kier alpha value is -2.07. The Balaban J connectivity index is 0.00000364. The second kappa shape index (κ2) is 12.3. The van der Waals surface area contributed by atoms with Crippen LogP contribution in [0.2, 0.25) is 0 Å². The van der Waals surface area contributed by atoms with E-state index in [0.29, 0.717) is 31.3 Å². The SMILES string of the molecule is CN=C(NCc1ccc(O)c(F)c1)Nc1cccc(OCCCOC)c1.I. The second-order valence-corrected chi connectivity index (χ2v) is 5.56. The summed E-state index contributed by atoms with van der Waals surface area (Å²) in [7, 11) is 3.31. The minimum Gasteiger partial charge on any atom is -0.505 e. The predicted octanol–water partition coefficient (Wildman–Crippen LogP) is 3.75. The normalized spacial score (nSPS) is 10.9. The van der Waals surface area contributed by atoms with Crippen molar-refractivity contribution in [2.24, 2.45) is 4.99 Å². The van der Waals surface area contributed by atoms with Gasteiger partial charge in [-0.15, -0.1) is 24.0 Å². The fraction of sp³-hybridized carbons (Fsp3) is 0.316. The van der Waals surface area contributed by atoms with E-state index < -0.39 is 5.82 Å². The number of guanidine groups is 1. The zero-order chi connectivity index (χ0) is 18.8. The van der Waals surface area contributed by atoms with E-state index in [0.717, 1.165) is 17.9 Å². The minimum absolute atomic E-state index is 0. The van der Waals surface area contributed by atoms with Crippen LogP contribution in [-0.4, -0.2) is 38.4 Å². The first-order valence-electron chi connectivity index (χ1n) is 8.29. The minimum atomic E-state index is -0.648. The van der Waals surface area contributed by atoms with Crippen molar-refractivity contribution in [3.05, 3.63) is 53.8 Å². The number of hydrogen-bond acceptors (Lipinski definition) is 4. The predicted molar refractivity (Wildman–Crippen MR) is 116 cm³/mol. The molecular formula is C19H25FIN3O3. The molecule has 0 aliphatic heterocycles. The third kappa shape index (κ3) is 8.00. The van der Waals surface area contributed by atoms with Gasteiger partial charge in [0.2, 0.25) is 0 Å². The number of aliphatic imine (C=N–C) groups is 1. The van der Waals surface area contributed by atoms with Gasteiger partial charge >= 0.3 is 0 Å². The van der Waals surface area contributed by atoms with Crippen molar-refractivity contribution in [2.45, 2.75) is 13.0 Å². The molecule has 0 saturated carbocycles. The van der Waals surface area contributed by atoms with E-state index in [2.05, 4.69) is 15.6 Å². The molecule has 0 heterocycles. The molecule has 0 aromatic heterocycles. The van der Waals surface area contributed by atoms with Crippen molar-refractivity contribution in [1.82, 2.24) is 5.32 Å². The van der Waals surface area contributed by atoms with Gasteiger partial charge in [0.25, 0.3) is 0 Å². The number of nitrogens with zero attached hydrogens (tertiary/aromatic N) is 1. The van der Waals surface area contributed by atoms with E-state index in [9.17, 15) is 9.50 Å². The van der Waals surface area contributed by atoms with Crippen LogP contribution in [0, 0.1) is 5.82 Å². The molecule has 3 N–H and O–H groups in total. The summed E-state index contributed by atoms with van der Waals surface area (Å²) in [6, 6.07) is 11.8. The van der Waals surface area contributed by atoms with Crippen LogP contribution in [0.4, 0.5) is 10.1 Å². The van der Waals surface area contributed by atoms with E-state index in [1.165, 1.54) is 12.1 Å². The molecule has 27 heavy (non-hydrogen) atoms. The smallest absolute Gasteiger partial charge is 0.195 e. The van der Waals surface area contributed by atoms with Crippen LogP contribution in [0.3, 0.4) is 0 Å². The zero-order valence-corrected chi connectivity index (χ0v) is 17.7. The highest BCUT2D eigenvalue weighted by Crippen LogP contribution is 2.18. The maximum atomic E-state index is 13.4. The van der Waals surface area contributed by atoms with Gasteiger partial charge in [0.15, 0.2) is 17.5 Å². The Kier molecular flexibility index (Phi) is 10.5. The average molecular weight is 489 g/mol. The highest BCUT2D eigenvalue weighted by molar-refractivity contribution is 14.0. The molecule has 0 atom stereocenters. The number of hydrogen-bond donors (Lipinski definition) is 3. The third-order valence-electron chi connectivity index (χ3n) is 3.55. The van der Waals surface area contributed by atoms with Gasteiger partial charge in [-0.05, 0) is 29.8 Å². The number of phenolic OH excluding ortho intramolecular Hbond substituents is 1. The quantitative estimate of drug-likeness (QED) is 0.228. The number of ether oxygens (including phenoxy) is 2. The maximum Gasteiger partial charge on any atom is 0.195 e. The number of rotatable bonds is 8. The largest absolute Gasteiger partial charge is 0.505 e. The molecule has 0 amide bonds. The van der Waals surface area contributed by atoms with E-state index in [1.54, 1.807) is 20.2 Å². The molecule has 2 rings (SSSR count). The van der Waals surface area contributed by atoms with Gasteiger partial charge in [-0.25, -0.2) is 4.39 Å². The summed E-state index contributed by atoms with van der Waals surface area (Å²) in [5.74, 6) is 0.279. The number of benzene rings is 2. The van der Waals surface area contributed by atoms with Gasteiger partial charge in [-0.3, -0.25) is 4.99 Å². The molecular weight excluding hydrogens is 464 g/mol. The van der Waals surface area contributed by atoms with Crippen molar-refractivity contribution in [3.63, 3.8) is 0 Å². The first-order valence-corrected chi connectivity index (χ1v) is 8.29. The molecule has 0 spiro atoms. The lowest BCUT2D eigenvalue weighted by molar-refractivity contribution is 0.172. The van der Waals surface area contributed by atoms with Crippen LogP contribution < -0.4 is 15.4 Å². The molecule has 148 valence electrons. The highest BCUT2D eigenvalue weighted by Gasteiger charge is 2.04. The first kappa shape index (κ1) is 23.0. The van der Waals surface area contributed by atoms with E-state index >= 15 is 0 Å². The van der Waals surface area contributed by atoms with Gasteiger partial charge in [-0.1, -0.05) is 12.1 Å². The molecule has 0 radical (unpaired) electrons. The van der Waals surface area contributed by atoms with Gasteiger partial charge in [-0.2, -0.15) is 0 Å².